The molecular weight excluding hydrogens is 607 g/mol. The standard InChI is InChI=1S/C30H36BrFN6O4/c1-30(2,3)42-29(41)33-17-18-4-7-20(8-5-18)26(39)16-22(14-19-6-13-24(31)25(32)15-19)28(40)34-23-11-9-21(10-12-23)27-35-37-38-36-27/h6,9-13,15,18,20,22H,4-5,7-8,14,16-17H2,1-3H3,(H,33,41)(H,34,40)(H,35,36,37,38)/t18?,20?,22-/m1/s1. The molecule has 1 heterocycles. The number of halogens is 2. The first-order valence-corrected chi connectivity index (χ1v) is 14.8. The van der Waals surface area contributed by atoms with E-state index in [1.165, 1.54) is 6.07 Å². The first-order valence-electron chi connectivity index (χ1n) is 14.0. The van der Waals surface area contributed by atoms with E-state index in [9.17, 15) is 18.8 Å². The molecule has 224 valence electrons. The lowest BCUT2D eigenvalue weighted by atomic mass is 9.77. The molecule has 1 atom stereocenters. The summed E-state index contributed by atoms with van der Waals surface area (Å²) in [6.45, 7) is 5.95. The minimum Gasteiger partial charge on any atom is -0.444 e. The fourth-order valence-corrected chi connectivity index (χ4v) is 5.33. The number of H-pyrrole nitrogens is 1. The molecule has 1 aromatic heterocycles. The molecule has 12 heteroatoms. The highest BCUT2D eigenvalue weighted by molar-refractivity contribution is 9.10. The van der Waals surface area contributed by atoms with Crippen molar-refractivity contribution in [3.63, 3.8) is 0 Å². The van der Waals surface area contributed by atoms with Crippen molar-refractivity contribution in [1.82, 2.24) is 25.9 Å². The zero-order valence-electron chi connectivity index (χ0n) is 24.0. The molecule has 0 radical (unpaired) electrons. The van der Waals surface area contributed by atoms with Gasteiger partial charge in [-0.15, -0.1) is 10.2 Å². The van der Waals surface area contributed by atoms with Crippen LogP contribution in [0.15, 0.2) is 46.9 Å². The quantitative estimate of drug-likeness (QED) is 0.252. The van der Waals surface area contributed by atoms with E-state index in [1.807, 2.05) is 20.8 Å². The second kappa shape index (κ2) is 14.0. The zero-order chi connectivity index (χ0) is 30.3. The monoisotopic (exact) mass is 642 g/mol. The van der Waals surface area contributed by atoms with Crippen LogP contribution in [0.3, 0.4) is 0 Å². The lowest BCUT2D eigenvalue weighted by Crippen LogP contribution is -2.37. The molecule has 1 saturated carbocycles. The molecule has 42 heavy (non-hydrogen) atoms. The topological polar surface area (TPSA) is 139 Å². The first-order chi connectivity index (χ1) is 20.0. The van der Waals surface area contributed by atoms with Gasteiger partial charge in [-0.05, 0) is 122 Å². The number of tetrazole rings is 1. The van der Waals surface area contributed by atoms with Crippen LogP contribution < -0.4 is 10.6 Å². The SMILES string of the molecule is CC(C)(C)OC(=O)NCC1CCC(C(=O)C[C@@H](Cc2ccc(Br)c(F)c2)C(=O)Nc2ccc(-c3nn[nH]n3)cc2)CC1. The van der Waals surface area contributed by atoms with Gasteiger partial charge in [0.05, 0.1) is 4.47 Å². The van der Waals surface area contributed by atoms with Crippen LogP contribution in [0.5, 0.6) is 0 Å². The number of anilines is 1. The average molecular weight is 644 g/mol. The van der Waals surface area contributed by atoms with Crippen LogP contribution in [-0.4, -0.2) is 50.6 Å². The van der Waals surface area contributed by atoms with Crippen molar-refractivity contribution in [3.8, 4) is 11.4 Å². The Bertz CT molecular complexity index is 1370. The Hall–Kier alpha value is -3.67. The van der Waals surface area contributed by atoms with Crippen LogP contribution in [0.2, 0.25) is 0 Å². The number of aromatic nitrogens is 4. The maximum Gasteiger partial charge on any atom is 0.407 e. The van der Waals surface area contributed by atoms with Gasteiger partial charge < -0.3 is 15.4 Å². The van der Waals surface area contributed by atoms with Crippen molar-refractivity contribution in [2.24, 2.45) is 17.8 Å². The number of nitrogens with one attached hydrogen (secondary N) is 3. The number of amides is 2. The van der Waals surface area contributed by atoms with E-state index in [1.54, 1.807) is 36.4 Å². The molecule has 0 unspecified atom stereocenters. The number of ketones is 1. The number of carbonyl (C=O) groups is 3. The Kier molecular flexibility index (Phi) is 10.4. The minimum absolute atomic E-state index is 0.0266. The summed E-state index contributed by atoms with van der Waals surface area (Å²) in [5, 5.41) is 19.6. The predicted octanol–water partition coefficient (Wildman–Crippen LogP) is 5.86. The molecule has 0 aliphatic heterocycles. The van der Waals surface area contributed by atoms with Gasteiger partial charge in [0.2, 0.25) is 11.7 Å². The molecule has 3 N–H and O–H groups in total. The number of Topliss-reactive ketones (excluding diaryl/α,β-unsaturated/α-hetero) is 1. The van der Waals surface area contributed by atoms with Crippen molar-refractivity contribution in [2.75, 3.05) is 11.9 Å². The van der Waals surface area contributed by atoms with E-state index in [4.69, 9.17) is 4.74 Å². The predicted molar refractivity (Wildman–Crippen MR) is 159 cm³/mol. The Morgan fingerprint density at radius 1 is 1.10 bits per heavy atom. The van der Waals surface area contributed by atoms with Crippen molar-refractivity contribution >= 4 is 39.4 Å². The summed E-state index contributed by atoms with van der Waals surface area (Å²) in [6.07, 6.45) is 2.81. The Balaban J connectivity index is 1.37. The normalized spacial score (nSPS) is 17.7. The van der Waals surface area contributed by atoms with Gasteiger partial charge in [-0.25, -0.2) is 9.18 Å². The minimum atomic E-state index is -0.679. The molecule has 10 nitrogen and oxygen atoms in total. The Labute approximate surface area is 252 Å². The van der Waals surface area contributed by atoms with E-state index >= 15 is 0 Å². The third-order valence-corrected chi connectivity index (χ3v) is 7.92. The van der Waals surface area contributed by atoms with E-state index in [-0.39, 0.29) is 36.4 Å². The summed E-state index contributed by atoms with van der Waals surface area (Å²) < 4.78 is 19.9. The van der Waals surface area contributed by atoms with E-state index in [0.717, 1.165) is 18.4 Å². The maximum atomic E-state index is 14.3. The second-order valence-electron chi connectivity index (χ2n) is 11.7. The highest BCUT2D eigenvalue weighted by Gasteiger charge is 2.31. The summed E-state index contributed by atoms with van der Waals surface area (Å²) in [6, 6.07) is 11.7. The van der Waals surface area contributed by atoms with Gasteiger partial charge in [-0.1, -0.05) is 6.07 Å². The summed E-state index contributed by atoms with van der Waals surface area (Å²) in [5.41, 5.74) is 1.37. The van der Waals surface area contributed by atoms with Crippen molar-refractivity contribution < 1.29 is 23.5 Å². The molecule has 0 spiro atoms. The molecule has 1 aliphatic carbocycles. The van der Waals surface area contributed by atoms with Crippen LogP contribution in [0.25, 0.3) is 11.4 Å². The zero-order valence-corrected chi connectivity index (χ0v) is 25.5. The Morgan fingerprint density at radius 3 is 2.43 bits per heavy atom. The van der Waals surface area contributed by atoms with Crippen LogP contribution in [0.1, 0.15) is 58.4 Å². The second-order valence-corrected chi connectivity index (χ2v) is 12.6. The van der Waals surface area contributed by atoms with Gasteiger partial charge in [0, 0.05) is 36.1 Å². The summed E-state index contributed by atoms with van der Waals surface area (Å²) in [7, 11) is 0. The number of hydrogen-bond acceptors (Lipinski definition) is 7. The number of alkyl carbamates (subject to hydrolysis) is 1. The number of benzene rings is 2. The highest BCUT2D eigenvalue weighted by atomic mass is 79.9. The van der Waals surface area contributed by atoms with Gasteiger partial charge in [0.1, 0.15) is 17.2 Å². The summed E-state index contributed by atoms with van der Waals surface area (Å²) in [5.74, 6) is -0.845. The lowest BCUT2D eigenvalue weighted by molar-refractivity contribution is -0.129. The third-order valence-electron chi connectivity index (χ3n) is 7.28. The van der Waals surface area contributed by atoms with Crippen molar-refractivity contribution in [3.05, 3.63) is 58.3 Å². The largest absolute Gasteiger partial charge is 0.444 e. The Morgan fingerprint density at radius 2 is 1.81 bits per heavy atom. The fraction of sp³-hybridized carbons (Fsp3) is 0.467. The van der Waals surface area contributed by atoms with Gasteiger partial charge in [-0.3, -0.25) is 9.59 Å². The molecule has 2 amide bonds. The molecule has 1 aliphatic rings. The van der Waals surface area contributed by atoms with Crippen LogP contribution in [0, 0.1) is 23.6 Å². The van der Waals surface area contributed by atoms with E-state index in [0.29, 0.717) is 40.9 Å². The first kappa shape index (κ1) is 31.3. The van der Waals surface area contributed by atoms with Gasteiger partial charge >= 0.3 is 6.09 Å². The number of hydrogen-bond donors (Lipinski definition) is 3. The molecular formula is C30H36BrFN6O4. The number of aromatic amines is 1. The molecule has 4 rings (SSSR count). The summed E-state index contributed by atoms with van der Waals surface area (Å²) >= 11 is 3.16. The van der Waals surface area contributed by atoms with Crippen LogP contribution >= 0.6 is 15.9 Å². The van der Waals surface area contributed by atoms with E-state index in [2.05, 4.69) is 47.2 Å². The number of ether oxygens (including phenoxy) is 1. The van der Waals surface area contributed by atoms with Gasteiger partial charge in [0.15, 0.2) is 0 Å². The van der Waals surface area contributed by atoms with Crippen LogP contribution in [0.4, 0.5) is 14.9 Å². The molecule has 3 aromatic rings. The summed E-state index contributed by atoms with van der Waals surface area (Å²) in [4.78, 5) is 38.8. The number of nitrogens with zero attached hydrogens (tertiary/aromatic N) is 3. The fourth-order valence-electron chi connectivity index (χ4n) is 5.08. The van der Waals surface area contributed by atoms with Crippen LogP contribution in [-0.2, 0) is 20.7 Å². The highest BCUT2D eigenvalue weighted by Crippen LogP contribution is 2.31. The third kappa shape index (κ3) is 9.17. The lowest BCUT2D eigenvalue weighted by Gasteiger charge is -2.29. The molecule has 2 aromatic carbocycles. The van der Waals surface area contributed by atoms with Crippen molar-refractivity contribution in [2.45, 2.75) is 64.9 Å². The maximum absolute atomic E-state index is 14.3. The molecule has 0 bridgehead atoms. The van der Waals surface area contributed by atoms with Crippen molar-refractivity contribution in [1.29, 1.82) is 0 Å². The van der Waals surface area contributed by atoms with Gasteiger partial charge in [-0.2, -0.15) is 5.21 Å². The smallest absolute Gasteiger partial charge is 0.407 e. The number of carbonyl (C=O) groups excluding carboxylic acids is 3. The number of rotatable bonds is 10. The molecule has 0 saturated heterocycles. The average Bonchev–Trinajstić information content (AvgIpc) is 3.48. The molecule has 1 fully saturated rings. The van der Waals surface area contributed by atoms with E-state index < -0.39 is 23.4 Å². The van der Waals surface area contributed by atoms with Gasteiger partial charge in [0.25, 0.3) is 0 Å².